The molecule has 0 aromatic rings. The fourth-order valence-corrected chi connectivity index (χ4v) is 4.84. The first kappa shape index (κ1) is 29.6. The number of hydrogen-bond donors (Lipinski definition) is 3. The average Bonchev–Trinajstić information content (AvgIpc) is 2.80. The van der Waals surface area contributed by atoms with Crippen molar-refractivity contribution in [2.24, 2.45) is 0 Å². The van der Waals surface area contributed by atoms with Crippen LogP contribution in [0.2, 0.25) is 0 Å². The van der Waals surface area contributed by atoms with Crippen LogP contribution >= 0.6 is 23.5 Å². The van der Waals surface area contributed by atoms with Crippen LogP contribution in [0.15, 0.2) is 0 Å². The molecule has 0 spiro atoms. The lowest BCUT2D eigenvalue weighted by atomic mass is 10.2. The molecule has 13 heteroatoms. The second kappa shape index (κ2) is 14.8. The lowest BCUT2D eigenvalue weighted by Crippen LogP contribution is -2.50. The molecule has 2 rings (SSSR count). The van der Waals surface area contributed by atoms with Gasteiger partial charge in [0.1, 0.15) is 12.2 Å². The highest BCUT2D eigenvalue weighted by atomic mass is 32.2. The van der Waals surface area contributed by atoms with E-state index in [0.29, 0.717) is 24.7 Å². The zero-order valence-corrected chi connectivity index (χ0v) is 21.3. The molecule has 2 aliphatic heterocycles. The summed E-state index contributed by atoms with van der Waals surface area (Å²) < 4.78 is 32.2. The van der Waals surface area contributed by atoms with Crippen molar-refractivity contribution in [1.29, 1.82) is 0 Å². The smallest absolute Gasteiger partial charge is 0.364 e. The molecule has 2 fully saturated rings. The Labute approximate surface area is 208 Å². The highest BCUT2D eigenvalue weighted by molar-refractivity contribution is 8.00. The molecular weight excluding hydrogens is 492 g/mol. The van der Waals surface area contributed by atoms with E-state index in [4.69, 9.17) is 38.6 Å². The van der Waals surface area contributed by atoms with Gasteiger partial charge in [0.2, 0.25) is 0 Å². The topological polar surface area (TPSA) is 150 Å². The van der Waals surface area contributed by atoms with Gasteiger partial charge in [-0.3, -0.25) is 0 Å². The second-order valence-corrected chi connectivity index (χ2v) is 10.5. The molecule has 0 atom stereocenters. The number of aliphatic hydroxyl groups is 1. The molecule has 2 saturated heterocycles. The number of hydrogen-bond acceptors (Lipinski definition) is 11. The maximum Gasteiger partial charge on any atom is 0.364 e. The van der Waals surface area contributed by atoms with Gasteiger partial charge in [0.15, 0.2) is 0 Å². The largest absolute Gasteiger partial charge is 0.477 e. The van der Waals surface area contributed by atoms with Gasteiger partial charge in [-0.25, -0.2) is 9.59 Å². The number of thioether (sulfide) groups is 2. The van der Waals surface area contributed by atoms with E-state index in [1.165, 1.54) is 13.8 Å². The molecule has 11 nitrogen and oxygen atoms in total. The van der Waals surface area contributed by atoms with E-state index >= 15 is 0 Å². The Kier molecular flexibility index (Phi) is 12.9. The first-order valence-electron chi connectivity index (χ1n) is 11.2. The normalized spacial score (nSPS) is 30.7. The Morgan fingerprint density at radius 1 is 0.824 bits per heavy atom. The fourth-order valence-electron chi connectivity index (χ4n) is 2.94. The van der Waals surface area contributed by atoms with Crippen LogP contribution in [0.4, 0.5) is 0 Å². The fraction of sp³-hybridized carbons (Fsp3) is 0.905. The number of carboxylic acids is 2. The van der Waals surface area contributed by atoms with E-state index in [-0.39, 0.29) is 44.7 Å². The van der Waals surface area contributed by atoms with Crippen LogP contribution in [-0.2, 0) is 38.0 Å². The average molecular weight is 529 g/mol. The van der Waals surface area contributed by atoms with E-state index in [1.54, 1.807) is 23.5 Å². The van der Waals surface area contributed by atoms with Gasteiger partial charge in [0.05, 0.1) is 32.5 Å². The van der Waals surface area contributed by atoms with Gasteiger partial charge in [-0.2, -0.15) is 23.5 Å². The van der Waals surface area contributed by atoms with Crippen molar-refractivity contribution >= 4 is 35.5 Å². The molecule has 3 N–H and O–H groups in total. The van der Waals surface area contributed by atoms with Gasteiger partial charge >= 0.3 is 11.9 Å². The summed E-state index contributed by atoms with van der Waals surface area (Å²) in [5.74, 6) is -2.49. The summed E-state index contributed by atoms with van der Waals surface area (Å²) in [4.78, 5) is 22.1. The Hall–Kier alpha value is -0.640. The molecule has 34 heavy (non-hydrogen) atoms. The maximum absolute atomic E-state index is 11.0. The van der Waals surface area contributed by atoms with Crippen molar-refractivity contribution in [3.05, 3.63) is 0 Å². The van der Waals surface area contributed by atoms with Gasteiger partial charge in [-0.05, 0) is 24.3 Å². The number of aliphatic hydroxyl groups excluding tert-OH is 1. The number of carbonyl (C=O) groups is 2. The van der Waals surface area contributed by atoms with Crippen molar-refractivity contribution in [3.63, 3.8) is 0 Å². The van der Waals surface area contributed by atoms with Crippen LogP contribution in [-0.4, -0.2) is 120 Å². The van der Waals surface area contributed by atoms with Crippen LogP contribution in [0.25, 0.3) is 0 Å². The lowest BCUT2D eigenvalue weighted by Gasteiger charge is -2.34. The molecule has 0 unspecified atom stereocenters. The van der Waals surface area contributed by atoms with E-state index in [0.717, 1.165) is 24.3 Å². The molecule has 2 aliphatic rings. The predicted octanol–water partition coefficient (Wildman–Crippen LogP) is 1.06. The molecular formula is C21H36O11S2. The monoisotopic (exact) mass is 528 g/mol. The first-order valence-corrected chi connectivity index (χ1v) is 13.5. The standard InChI is InChI=1S/C21H36O11S2/c1-20(18(23)24)29-9-16(10-30-20)27-5-3-7-33-13-15(22)14-34-8-4-6-28-17-11-31-21(2,19(25)26)32-12-17/h15-17,22H,3-14H2,1-2H3,(H,23,24)(H,25,26). The summed E-state index contributed by atoms with van der Waals surface area (Å²) in [7, 11) is 0. The van der Waals surface area contributed by atoms with E-state index in [9.17, 15) is 14.7 Å². The molecule has 198 valence electrons. The first-order chi connectivity index (χ1) is 16.1. The number of aliphatic carboxylic acids is 2. The molecule has 2 heterocycles. The third-order valence-corrected chi connectivity index (χ3v) is 7.54. The Balaban J connectivity index is 1.37. The third-order valence-electron chi connectivity index (χ3n) is 5.15. The van der Waals surface area contributed by atoms with Crippen LogP contribution in [0.3, 0.4) is 0 Å². The summed E-state index contributed by atoms with van der Waals surface area (Å²) in [5.41, 5.74) is 0. The summed E-state index contributed by atoms with van der Waals surface area (Å²) >= 11 is 3.33. The molecule has 0 bridgehead atoms. The van der Waals surface area contributed by atoms with Gasteiger partial charge in [-0.1, -0.05) is 0 Å². The molecule has 0 amide bonds. The SMILES string of the molecule is CC1(C(=O)O)OCC(OCCCSCC(O)CSCCCOC2COC(C)(C(=O)O)OC2)CO1. The van der Waals surface area contributed by atoms with Gasteiger partial charge in [-0.15, -0.1) is 0 Å². The number of ether oxygens (including phenoxy) is 6. The number of carboxylic acid groups (broad SMARTS) is 2. The Bertz CT molecular complexity index is 568. The maximum atomic E-state index is 11.0. The molecule has 0 aliphatic carbocycles. The second-order valence-electron chi connectivity index (χ2n) is 8.24. The van der Waals surface area contributed by atoms with E-state index in [2.05, 4.69) is 0 Å². The summed E-state index contributed by atoms with van der Waals surface area (Å²) in [5, 5.41) is 28.1. The summed E-state index contributed by atoms with van der Waals surface area (Å²) in [6.45, 7) is 4.53. The minimum atomic E-state index is -1.59. The lowest BCUT2D eigenvalue weighted by molar-refractivity contribution is -0.283. The molecule has 0 aromatic heterocycles. The van der Waals surface area contributed by atoms with Crippen molar-refractivity contribution in [3.8, 4) is 0 Å². The van der Waals surface area contributed by atoms with Crippen LogP contribution < -0.4 is 0 Å². The van der Waals surface area contributed by atoms with Gasteiger partial charge in [0.25, 0.3) is 11.6 Å². The zero-order valence-electron chi connectivity index (χ0n) is 19.6. The zero-order chi connectivity index (χ0) is 25.0. The van der Waals surface area contributed by atoms with Crippen molar-refractivity contribution < 1.29 is 53.3 Å². The van der Waals surface area contributed by atoms with Crippen LogP contribution in [0.1, 0.15) is 26.7 Å². The third kappa shape index (κ3) is 10.2. The highest BCUT2D eigenvalue weighted by Crippen LogP contribution is 2.21. The van der Waals surface area contributed by atoms with Crippen molar-refractivity contribution in [1.82, 2.24) is 0 Å². The van der Waals surface area contributed by atoms with Crippen molar-refractivity contribution in [2.45, 2.75) is 56.6 Å². The minimum Gasteiger partial charge on any atom is -0.477 e. The highest BCUT2D eigenvalue weighted by Gasteiger charge is 2.41. The van der Waals surface area contributed by atoms with Crippen LogP contribution in [0, 0.1) is 0 Å². The molecule has 0 saturated carbocycles. The predicted molar refractivity (Wildman–Crippen MR) is 125 cm³/mol. The van der Waals surface area contributed by atoms with E-state index < -0.39 is 23.5 Å². The van der Waals surface area contributed by atoms with Crippen LogP contribution in [0.5, 0.6) is 0 Å². The Morgan fingerprint density at radius 3 is 1.50 bits per heavy atom. The minimum absolute atomic E-state index is 0.184. The molecule has 0 aromatic carbocycles. The van der Waals surface area contributed by atoms with Crippen molar-refractivity contribution in [2.75, 3.05) is 62.7 Å². The summed E-state index contributed by atoms with van der Waals surface area (Å²) in [6, 6.07) is 0. The Morgan fingerprint density at radius 2 is 1.18 bits per heavy atom. The van der Waals surface area contributed by atoms with Gasteiger partial charge in [0, 0.05) is 38.6 Å². The number of rotatable bonds is 16. The quantitative estimate of drug-likeness (QED) is 0.245. The molecule has 0 radical (unpaired) electrons. The summed E-state index contributed by atoms with van der Waals surface area (Å²) in [6.07, 6.45) is 0.696. The van der Waals surface area contributed by atoms with E-state index in [1.807, 2.05) is 0 Å². The van der Waals surface area contributed by atoms with Gasteiger partial charge < -0.3 is 43.7 Å².